The zero-order valence-corrected chi connectivity index (χ0v) is 14.5. The van der Waals surface area contributed by atoms with Crippen molar-refractivity contribution in [3.63, 3.8) is 0 Å². The van der Waals surface area contributed by atoms with Gasteiger partial charge in [-0.3, -0.25) is 4.79 Å². The predicted octanol–water partition coefficient (Wildman–Crippen LogP) is 5.19. The Hall–Kier alpha value is -1.27. The number of carbonyl (C=O) groups excluding carboxylic acids is 1. The summed E-state index contributed by atoms with van der Waals surface area (Å²) < 4.78 is 59.3. The third-order valence-corrected chi connectivity index (χ3v) is 4.65. The Morgan fingerprint density at radius 3 is 2.08 bits per heavy atom. The maximum atomic E-state index is 13.8. The van der Waals surface area contributed by atoms with Crippen molar-refractivity contribution in [3.8, 4) is 0 Å². The molecule has 1 saturated carbocycles. The number of halogens is 6. The number of esters is 1. The molecule has 132 valence electrons. The summed E-state index contributed by atoms with van der Waals surface area (Å²) in [6, 6.07) is 0. The van der Waals surface area contributed by atoms with Crippen molar-refractivity contribution in [2.45, 2.75) is 27.4 Å². The van der Waals surface area contributed by atoms with E-state index < -0.39 is 58.3 Å². The van der Waals surface area contributed by atoms with Crippen LogP contribution in [0.3, 0.4) is 0 Å². The molecule has 0 amide bonds. The Morgan fingerprint density at radius 1 is 1.12 bits per heavy atom. The third-order valence-electron chi connectivity index (χ3n) is 4.40. The quantitative estimate of drug-likeness (QED) is 0.405. The van der Waals surface area contributed by atoms with Gasteiger partial charge in [0.2, 0.25) is 0 Å². The predicted molar refractivity (Wildman–Crippen MR) is 81.4 cm³/mol. The van der Waals surface area contributed by atoms with E-state index in [0.29, 0.717) is 0 Å². The molecule has 1 aliphatic carbocycles. The molecule has 2 atom stereocenters. The lowest BCUT2D eigenvalue weighted by Gasteiger charge is -2.10. The van der Waals surface area contributed by atoms with Crippen LogP contribution < -0.4 is 0 Å². The molecule has 2 nitrogen and oxygen atoms in total. The molecule has 0 saturated heterocycles. The minimum Gasteiger partial charge on any atom is -0.460 e. The van der Waals surface area contributed by atoms with Crippen LogP contribution >= 0.6 is 23.2 Å². The van der Waals surface area contributed by atoms with Gasteiger partial charge in [0, 0.05) is 5.56 Å². The van der Waals surface area contributed by atoms with Gasteiger partial charge in [-0.2, -0.15) is 0 Å². The van der Waals surface area contributed by atoms with Crippen LogP contribution in [0.15, 0.2) is 10.6 Å². The van der Waals surface area contributed by atoms with Crippen LogP contribution in [0.2, 0.25) is 0 Å². The fraction of sp³-hybridized carbons (Fsp3) is 0.438. The van der Waals surface area contributed by atoms with Crippen LogP contribution in [0.25, 0.3) is 0 Å². The molecular formula is C16H14Cl2F4O2. The third kappa shape index (κ3) is 3.26. The van der Waals surface area contributed by atoms with Crippen molar-refractivity contribution in [1.82, 2.24) is 0 Å². The van der Waals surface area contributed by atoms with E-state index in [9.17, 15) is 22.4 Å². The zero-order valence-electron chi connectivity index (χ0n) is 13.0. The molecule has 1 aliphatic rings. The fourth-order valence-electron chi connectivity index (χ4n) is 2.72. The van der Waals surface area contributed by atoms with E-state index in [1.165, 1.54) is 6.08 Å². The highest BCUT2D eigenvalue weighted by atomic mass is 35.5. The first kappa shape index (κ1) is 19.1. The second-order valence-corrected chi connectivity index (χ2v) is 7.26. The van der Waals surface area contributed by atoms with Gasteiger partial charge in [0.25, 0.3) is 0 Å². The molecule has 24 heavy (non-hydrogen) atoms. The molecule has 0 radical (unpaired) electrons. The summed E-state index contributed by atoms with van der Waals surface area (Å²) in [7, 11) is 0. The first-order valence-electron chi connectivity index (χ1n) is 7.01. The molecule has 1 fully saturated rings. The lowest BCUT2D eigenvalue weighted by molar-refractivity contribution is -0.147. The van der Waals surface area contributed by atoms with Gasteiger partial charge in [0.15, 0.2) is 23.3 Å². The molecule has 2 rings (SSSR count). The first-order valence-corrected chi connectivity index (χ1v) is 7.76. The van der Waals surface area contributed by atoms with Crippen LogP contribution in [0.5, 0.6) is 0 Å². The van der Waals surface area contributed by atoms with E-state index in [1.54, 1.807) is 13.8 Å². The first-order chi connectivity index (χ1) is 11.0. The van der Waals surface area contributed by atoms with Crippen molar-refractivity contribution in [1.29, 1.82) is 0 Å². The van der Waals surface area contributed by atoms with Gasteiger partial charge >= 0.3 is 5.97 Å². The van der Waals surface area contributed by atoms with Crippen LogP contribution in [-0.4, -0.2) is 5.97 Å². The molecule has 0 heterocycles. The summed E-state index contributed by atoms with van der Waals surface area (Å²) in [5.74, 6) is -7.84. The maximum Gasteiger partial charge on any atom is 0.310 e. The highest BCUT2D eigenvalue weighted by molar-refractivity contribution is 6.55. The van der Waals surface area contributed by atoms with Gasteiger partial charge in [-0.15, -0.1) is 0 Å². The molecule has 0 bridgehead atoms. The summed E-state index contributed by atoms with van der Waals surface area (Å²) in [6.07, 6.45) is 1.47. The van der Waals surface area contributed by atoms with Gasteiger partial charge < -0.3 is 4.74 Å². The lowest BCUT2D eigenvalue weighted by Crippen LogP contribution is -2.14. The number of allylic oxidation sites excluding steroid dienone is 1. The molecular weight excluding hydrogens is 371 g/mol. The standard InChI is InChI=1S/C16H14Cl2F4O2/c1-6-11(19)13(21)7(14(22)12(6)20)5-24-15(23)10-8(4-9(17)18)16(10,2)3/h4,8,10H,5H2,1-3H3/t8-,10+/m1/s1. The van der Waals surface area contributed by atoms with E-state index in [0.717, 1.165) is 6.92 Å². The molecule has 0 N–H and O–H groups in total. The Labute approximate surface area is 146 Å². The van der Waals surface area contributed by atoms with Crippen LogP contribution in [-0.2, 0) is 16.1 Å². The molecule has 0 unspecified atom stereocenters. The number of rotatable bonds is 4. The monoisotopic (exact) mass is 384 g/mol. The van der Waals surface area contributed by atoms with Crippen molar-refractivity contribution in [2.75, 3.05) is 0 Å². The van der Waals surface area contributed by atoms with Crippen molar-refractivity contribution in [2.24, 2.45) is 17.3 Å². The number of hydrogen-bond donors (Lipinski definition) is 0. The zero-order chi connectivity index (χ0) is 18.4. The minimum atomic E-state index is -1.57. The molecule has 0 aliphatic heterocycles. The largest absolute Gasteiger partial charge is 0.460 e. The van der Waals surface area contributed by atoms with E-state index >= 15 is 0 Å². The second kappa shape index (κ2) is 6.56. The normalized spacial score (nSPS) is 21.4. The highest BCUT2D eigenvalue weighted by Crippen LogP contribution is 2.60. The molecule has 0 spiro atoms. The number of benzene rings is 1. The Balaban J connectivity index is 2.16. The van der Waals surface area contributed by atoms with Crippen molar-refractivity contribution >= 4 is 29.2 Å². The summed E-state index contributed by atoms with van der Waals surface area (Å²) in [6.45, 7) is 3.53. The summed E-state index contributed by atoms with van der Waals surface area (Å²) >= 11 is 11.1. The van der Waals surface area contributed by atoms with Crippen LogP contribution in [0, 0.1) is 47.4 Å². The summed E-state index contributed by atoms with van der Waals surface area (Å²) in [5.41, 5.74) is -2.23. The second-order valence-electron chi connectivity index (χ2n) is 6.25. The van der Waals surface area contributed by atoms with E-state index in [2.05, 4.69) is 0 Å². The number of hydrogen-bond acceptors (Lipinski definition) is 2. The average molecular weight is 385 g/mol. The van der Waals surface area contributed by atoms with Gasteiger partial charge in [-0.25, -0.2) is 17.6 Å². The maximum absolute atomic E-state index is 13.8. The number of ether oxygens (including phenoxy) is 1. The Morgan fingerprint density at radius 2 is 1.62 bits per heavy atom. The fourth-order valence-corrected chi connectivity index (χ4v) is 2.99. The Bertz CT molecular complexity index is 698. The SMILES string of the molecule is Cc1c(F)c(F)c(COC(=O)[C@@H]2[C@@H](C=C(Cl)Cl)C2(C)C)c(F)c1F. The summed E-state index contributed by atoms with van der Waals surface area (Å²) in [5, 5.41) is 0. The summed E-state index contributed by atoms with van der Waals surface area (Å²) in [4.78, 5) is 12.1. The van der Waals surface area contributed by atoms with E-state index in [1.807, 2.05) is 0 Å². The van der Waals surface area contributed by atoms with Gasteiger partial charge in [-0.05, 0) is 24.3 Å². The van der Waals surface area contributed by atoms with Gasteiger partial charge in [0.1, 0.15) is 11.1 Å². The number of carbonyl (C=O) groups is 1. The highest BCUT2D eigenvalue weighted by Gasteiger charge is 2.61. The van der Waals surface area contributed by atoms with Gasteiger partial charge in [-0.1, -0.05) is 37.0 Å². The smallest absolute Gasteiger partial charge is 0.310 e. The van der Waals surface area contributed by atoms with Gasteiger partial charge in [0.05, 0.1) is 11.5 Å². The topological polar surface area (TPSA) is 26.3 Å². The molecule has 1 aromatic carbocycles. The van der Waals surface area contributed by atoms with Crippen molar-refractivity contribution in [3.05, 3.63) is 45.0 Å². The van der Waals surface area contributed by atoms with Crippen LogP contribution in [0.1, 0.15) is 25.0 Å². The molecule has 0 aromatic heterocycles. The van der Waals surface area contributed by atoms with E-state index in [-0.39, 0.29) is 10.4 Å². The van der Waals surface area contributed by atoms with Crippen molar-refractivity contribution < 1.29 is 27.1 Å². The molecule has 8 heteroatoms. The lowest BCUT2D eigenvalue weighted by atomic mass is 10.1. The Kier molecular flexibility index (Phi) is 5.21. The minimum absolute atomic E-state index is 0.0110. The van der Waals surface area contributed by atoms with E-state index in [4.69, 9.17) is 27.9 Å². The average Bonchev–Trinajstić information content (AvgIpc) is 3.02. The van der Waals surface area contributed by atoms with Crippen LogP contribution in [0.4, 0.5) is 17.6 Å². The molecule has 1 aromatic rings.